The Kier molecular flexibility index (Phi) is 10.3. The van der Waals surface area contributed by atoms with Crippen LogP contribution in [-0.2, 0) is 23.9 Å². The number of fused-ring (bicyclic) bond motifs is 1. The van der Waals surface area contributed by atoms with E-state index in [0.717, 1.165) is 21.6 Å². The van der Waals surface area contributed by atoms with Crippen molar-refractivity contribution in [3.05, 3.63) is 107 Å². The highest BCUT2D eigenvalue weighted by molar-refractivity contribution is 8.01. The molecule has 2 aliphatic heterocycles. The zero-order valence-electron chi connectivity index (χ0n) is 25.7. The van der Waals surface area contributed by atoms with E-state index < -0.39 is 47.0 Å². The molecule has 3 aromatic rings. The molecule has 0 aliphatic carbocycles. The van der Waals surface area contributed by atoms with Gasteiger partial charge < -0.3 is 25.8 Å². The Morgan fingerprint density at radius 2 is 1.59 bits per heavy atom. The van der Waals surface area contributed by atoms with E-state index >= 15 is 0 Å². The number of carbonyl (C=O) groups is 4. The summed E-state index contributed by atoms with van der Waals surface area (Å²) < 4.78 is 11.4. The second-order valence-corrected chi connectivity index (χ2v) is 13.9. The largest absolute Gasteiger partial charge is 0.448 e. The number of β-lactam (4-membered cyclic amide) rings is 1. The number of esters is 1. The summed E-state index contributed by atoms with van der Waals surface area (Å²) >= 11 is 2.98. The van der Waals surface area contributed by atoms with Gasteiger partial charge in [0.25, 0.3) is 5.91 Å². The number of alkyl carbamates (subject to hydrolysis) is 1. The topological polar surface area (TPSA) is 140 Å². The molecule has 46 heavy (non-hydrogen) atoms. The Balaban J connectivity index is 1.36. The van der Waals surface area contributed by atoms with Crippen molar-refractivity contribution < 1.29 is 28.7 Å². The molecule has 4 N–H and O–H groups in total. The number of anilines is 1. The van der Waals surface area contributed by atoms with Crippen molar-refractivity contribution in [3.63, 3.8) is 0 Å². The quantitative estimate of drug-likeness (QED) is 0.120. The summed E-state index contributed by atoms with van der Waals surface area (Å²) in [6.45, 7) is 4.79. The summed E-state index contributed by atoms with van der Waals surface area (Å²) in [5.41, 5.74) is 8.30. The summed E-state index contributed by atoms with van der Waals surface area (Å²) in [4.78, 5) is 54.8. The lowest BCUT2D eigenvalue weighted by Gasteiger charge is -2.49. The van der Waals surface area contributed by atoms with Gasteiger partial charge in [-0.1, -0.05) is 60.7 Å². The van der Waals surface area contributed by atoms with Gasteiger partial charge in [0.1, 0.15) is 29.3 Å². The van der Waals surface area contributed by atoms with Crippen LogP contribution in [0.1, 0.15) is 38.0 Å². The number of benzene rings is 3. The molecule has 2 unspecified atom stereocenters. The average Bonchev–Trinajstić information content (AvgIpc) is 3.04. The Hall–Kier alpha value is -4.42. The van der Waals surface area contributed by atoms with Crippen LogP contribution >= 0.6 is 23.5 Å². The van der Waals surface area contributed by atoms with Gasteiger partial charge in [0.15, 0.2) is 6.10 Å². The van der Waals surface area contributed by atoms with Gasteiger partial charge >= 0.3 is 12.1 Å². The van der Waals surface area contributed by atoms with Crippen LogP contribution in [0.4, 0.5) is 10.5 Å². The molecule has 1 saturated heterocycles. The first-order valence-corrected chi connectivity index (χ1v) is 16.8. The first kappa shape index (κ1) is 33.0. The van der Waals surface area contributed by atoms with E-state index in [1.54, 1.807) is 20.8 Å². The van der Waals surface area contributed by atoms with Gasteiger partial charge in [-0.25, -0.2) is 9.59 Å². The predicted octanol–water partition coefficient (Wildman–Crippen LogP) is 4.87. The van der Waals surface area contributed by atoms with Crippen LogP contribution in [0.5, 0.6) is 0 Å². The molecule has 0 bridgehead atoms. The molecule has 3 aromatic carbocycles. The Morgan fingerprint density at radius 1 is 0.978 bits per heavy atom. The maximum absolute atomic E-state index is 14.1. The highest BCUT2D eigenvalue weighted by Gasteiger charge is 2.54. The molecule has 0 saturated carbocycles. The summed E-state index contributed by atoms with van der Waals surface area (Å²) in [6, 6.07) is 25.4. The molecule has 2 aliphatic rings. The number of nitrogen functional groups attached to an aromatic ring is 1. The lowest BCUT2D eigenvalue weighted by molar-refractivity contribution is -0.154. The molecule has 12 heteroatoms. The van der Waals surface area contributed by atoms with Crippen LogP contribution in [0.3, 0.4) is 0 Å². The van der Waals surface area contributed by atoms with E-state index in [4.69, 9.17) is 15.2 Å². The molecule has 5 rings (SSSR count). The van der Waals surface area contributed by atoms with Crippen LogP contribution in [0.2, 0.25) is 0 Å². The van der Waals surface area contributed by atoms with E-state index in [-0.39, 0.29) is 12.2 Å². The monoisotopic (exact) mass is 660 g/mol. The van der Waals surface area contributed by atoms with Gasteiger partial charge in [-0.05, 0) is 61.7 Å². The van der Waals surface area contributed by atoms with E-state index in [2.05, 4.69) is 10.6 Å². The van der Waals surface area contributed by atoms with Crippen molar-refractivity contribution >= 4 is 53.1 Å². The molecular formula is C34H36N4O6S2. The zero-order valence-corrected chi connectivity index (χ0v) is 27.4. The van der Waals surface area contributed by atoms with Gasteiger partial charge in [-0.3, -0.25) is 14.5 Å². The second kappa shape index (κ2) is 14.3. The summed E-state index contributed by atoms with van der Waals surface area (Å²) in [5.74, 6) is -0.711. The molecule has 2 heterocycles. The fraction of sp³-hybridized carbons (Fsp3) is 0.294. The Bertz CT molecular complexity index is 1570. The normalized spacial score (nSPS) is 17.6. The van der Waals surface area contributed by atoms with Crippen LogP contribution in [0, 0.1) is 0 Å². The number of hydrogen-bond acceptors (Lipinski definition) is 9. The number of carbonyl (C=O) groups excluding carboxylic acids is 4. The van der Waals surface area contributed by atoms with Crippen LogP contribution < -0.4 is 16.4 Å². The fourth-order valence-electron chi connectivity index (χ4n) is 4.96. The first-order chi connectivity index (χ1) is 22.0. The van der Waals surface area contributed by atoms with Crippen LogP contribution in [0.15, 0.2) is 101 Å². The van der Waals surface area contributed by atoms with Crippen molar-refractivity contribution in [1.29, 1.82) is 0 Å². The third-order valence-electron chi connectivity index (χ3n) is 7.07. The Labute approximate surface area is 276 Å². The van der Waals surface area contributed by atoms with Crippen LogP contribution in [0.25, 0.3) is 0 Å². The van der Waals surface area contributed by atoms with Gasteiger partial charge in [0.2, 0.25) is 5.91 Å². The minimum Gasteiger partial charge on any atom is -0.448 e. The molecule has 240 valence electrons. The molecule has 0 aromatic heterocycles. The van der Waals surface area contributed by atoms with Gasteiger partial charge in [0, 0.05) is 22.1 Å². The van der Waals surface area contributed by atoms with Crippen LogP contribution in [-0.4, -0.2) is 63.8 Å². The molecule has 1 fully saturated rings. The molecule has 2 atom stereocenters. The number of nitrogens with one attached hydrogen (secondary N) is 2. The van der Waals surface area contributed by atoms with Gasteiger partial charge in [0.05, 0.1) is 0 Å². The number of ether oxygens (including phenoxy) is 2. The fourth-order valence-corrected chi connectivity index (χ4v) is 7.34. The third kappa shape index (κ3) is 8.04. The number of nitrogens with zero attached hydrogens (tertiary/aromatic N) is 1. The number of rotatable bonds is 10. The third-order valence-corrected chi connectivity index (χ3v) is 9.51. The van der Waals surface area contributed by atoms with E-state index in [9.17, 15) is 19.2 Å². The smallest absolute Gasteiger partial charge is 0.408 e. The summed E-state index contributed by atoms with van der Waals surface area (Å²) in [7, 11) is 0. The first-order valence-electron chi connectivity index (χ1n) is 14.7. The van der Waals surface area contributed by atoms with Crippen molar-refractivity contribution in [2.45, 2.75) is 48.8 Å². The Morgan fingerprint density at radius 3 is 2.17 bits per heavy atom. The minimum atomic E-state index is -0.869. The standard InChI is InChI=1S/C34H36N4O6S2/c1-34(2,3)44-33(42)36-18-26(39)37-27-30(40)38-28(23(20-46-31(27)38)19-45-25-16-14-24(35)15-17-25)32(41)43-29(21-10-6-4-7-11-21)22-12-8-5-9-13-22/h4-17,27,29,31H,18-20,35H2,1-3H3,(H,36,42)(H,37,39). The van der Waals surface area contributed by atoms with E-state index in [1.807, 2.05) is 84.9 Å². The maximum Gasteiger partial charge on any atom is 0.408 e. The molecule has 0 spiro atoms. The summed E-state index contributed by atoms with van der Waals surface area (Å²) in [6.07, 6.45) is -1.44. The van der Waals surface area contributed by atoms with Gasteiger partial charge in [-0.2, -0.15) is 0 Å². The number of nitrogens with two attached hydrogens (primary N) is 1. The lowest BCUT2D eigenvalue weighted by Crippen LogP contribution is -2.71. The average molecular weight is 661 g/mol. The molecule has 10 nitrogen and oxygen atoms in total. The SMILES string of the molecule is CC(C)(C)OC(=O)NCC(=O)NC1C(=O)N2C(C(=O)OC(c3ccccc3)c3ccccc3)=C(CSc3ccc(N)cc3)CSC12. The summed E-state index contributed by atoms with van der Waals surface area (Å²) in [5, 5.41) is 4.59. The van der Waals surface area contributed by atoms with Crippen molar-refractivity contribution in [2.24, 2.45) is 0 Å². The lowest BCUT2D eigenvalue weighted by atomic mass is 10.0. The second-order valence-electron chi connectivity index (χ2n) is 11.7. The molecule has 0 radical (unpaired) electrons. The molecule has 3 amide bonds. The minimum absolute atomic E-state index is 0.186. The number of thioether (sulfide) groups is 2. The molecular weight excluding hydrogens is 625 g/mol. The van der Waals surface area contributed by atoms with Gasteiger partial charge in [-0.15, -0.1) is 23.5 Å². The maximum atomic E-state index is 14.1. The van der Waals surface area contributed by atoms with E-state index in [1.165, 1.54) is 28.4 Å². The number of hydrogen-bond donors (Lipinski definition) is 3. The predicted molar refractivity (Wildman–Crippen MR) is 179 cm³/mol. The van der Waals surface area contributed by atoms with Crippen molar-refractivity contribution in [2.75, 3.05) is 23.8 Å². The highest BCUT2D eigenvalue weighted by Crippen LogP contribution is 2.43. The van der Waals surface area contributed by atoms with Crippen molar-refractivity contribution in [3.8, 4) is 0 Å². The zero-order chi connectivity index (χ0) is 32.8. The van der Waals surface area contributed by atoms with Crippen molar-refractivity contribution in [1.82, 2.24) is 15.5 Å². The highest BCUT2D eigenvalue weighted by atomic mass is 32.2. The number of amides is 3. The van der Waals surface area contributed by atoms with E-state index in [0.29, 0.717) is 17.2 Å².